The number of rotatable bonds is 2. The molecule has 25 heavy (non-hydrogen) atoms. The van der Waals surface area contributed by atoms with Crippen LogP contribution >= 0.6 is 0 Å². The summed E-state index contributed by atoms with van der Waals surface area (Å²) >= 11 is 0. The molecule has 1 heterocycles. The molecule has 1 aliphatic carbocycles. The van der Waals surface area contributed by atoms with E-state index in [2.05, 4.69) is 35.3 Å². The van der Waals surface area contributed by atoms with Gasteiger partial charge in [0.15, 0.2) is 5.70 Å². The molecule has 5 rings (SSSR count). The maximum atomic E-state index is 12.2. The van der Waals surface area contributed by atoms with Gasteiger partial charge in [-0.3, -0.25) is 0 Å². The fourth-order valence-electron chi connectivity index (χ4n) is 3.68. The molecule has 0 fully saturated rings. The quantitative estimate of drug-likeness (QED) is 0.521. The Kier molecular flexibility index (Phi) is 3.07. The van der Waals surface area contributed by atoms with Crippen LogP contribution in [-0.2, 0) is 22.4 Å². The zero-order chi connectivity index (χ0) is 16.8. The molecule has 3 aromatic carbocycles. The van der Waals surface area contributed by atoms with Gasteiger partial charge >= 0.3 is 5.97 Å². The molecule has 0 saturated heterocycles. The lowest BCUT2D eigenvalue weighted by atomic mass is 9.99. The number of benzene rings is 3. The third-order valence-electron chi connectivity index (χ3n) is 4.85. The van der Waals surface area contributed by atoms with Gasteiger partial charge in [0.05, 0.1) is 0 Å². The molecule has 3 aromatic rings. The number of hydrogen-bond acceptors (Lipinski definition) is 3. The minimum atomic E-state index is -0.391. The van der Waals surface area contributed by atoms with E-state index in [4.69, 9.17) is 4.74 Å². The second kappa shape index (κ2) is 5.42. The second-order valence-corrected chi connectivity index (χ2v) is 6.35. The smallest absolute Gasteiger partial charge is 0.363 e. The second-order valence-electron chi connectivity index (χ2n) is 6.35. The highest BCUT2D eigenvalue weighted by atomic mass is 16.6. The minimum Gasteiger partial charge on any atom is -0.402 e. The van der Waals surface area contributed by atoms with Gasteiger partial charge in [-0.25, -0.2) is 9.79 Å². The predicted molar refractivity (Wildman–Crippen MR) is 98.4 cm³/mol. The van der Waals surface area contributed by atoms with Crippen LogP contribution in [0.15, 0.2) is 71.4 Å². The van der Waals surface area contributed by atoms with Gasteiger partial charge in [-0.05, 0) is 58.5 Å². The van der Waals surface area contributed by atoms with Crippen LogP contribution in [0, 0.1) is 0 Å². The Morgan fingerprint density at radius 3 is 2.68 bits per heavy atom. The Labute approximate surface area is 145 Å². The van der Waals surface area contributed by atoms with Crippen LogP contribution in [0.3, 0.4) is 0 Å². The first-order chi connectivity index (χ1) is 12.3. The molecule has 3 heteroatoms. The molecule has 0 unspecified atom stereocenters. The number of carbonyl (C=O) groups is 1. The van der Waals surface area contributed by atoms with Gasteiger partial charge in [0.2, 0.25) is 5.90 Å². The summed E-state index contributed by atoms with van der Waals surface area (Å²) in [6.07, 6.45) is 3.91. The Morgan fingerprint density at radius 2 is 1.80 bits per heavy atom. The van der Waals surface area contributed by atoms with Gasteiger partial charge in [0.25, 0.3) is 0 Å². The van der Waals surface area contributed by atoms with Crippen molar-refractivity contribution in [3.8, 4) is 0 Å². The molecular weight excluding hydrogens is 310 g/mol. The van der Waals surface area contributed by atoms with Crippen molar-refractivity contribution >= 4 is 28.7 Å². The number of esters is 1. The Hall–Kier alpha value is -3.20. The highest BCUT2D eigenvalue weighted by Gasteiger charge is 2.25. The molecule has 1 aliphatic heterocycles. The normalized spacial score (nSPS) is 17.2. The molecule has 0 aromatic heterocycles. The van der Waals surface area contributed by atoms with E-state index in [1.54, 1.807) is 0 Å². The summed E-state index contributed by atoms with van der Waals surface area (Å²) in [6.45, 7) is 0. The maximum absolute atomic E-state index is 12.2. The van der Waals surface area contributed by atoms with Crippen molar-refractivity contribution in [2.45, 2.75) is 12.8 Å². The summed E-state index contributed by atoms with van der Waals surface area (Å²) in [4.78, 5) is 16.6. The lowest BCUT2D eigenvalue weighted by molar-refractivity contribution is -0.129. The first kappa shape index (κ1) is 14.2. The van der Waals surface area contributed by atoms with Crippen molar-refractivity contribution in [1.29, 1.82) is 0 Å². The molecule has 0 atom stereocenters. The molecule has 0 spiro atoms. The van der Waals surface area contributed by atoms with Crippen molar-refractivity contribution < 1.29 is 9.53 Å². The van der Waals surface area contributed by atoms with E-state index in [1.165, 1.54) is 21.9 Å². The van der Waals surface area contributed by atoms with Crippen LogP contribution in [-0.4, -0.2) is 11.9 Å². The van der Waals surface area contributed by atoms with Crippen molar-refractivity contribution in [2.75, 3.05) is 0 Å². The number of aryl methyl sites for hydroxylation is 2. The van der Waals surface area contributed by atoms with Gasteiger partial charge in [0, 0.05) is 5.56 Å². The standard InChI is InChI=1S/C22H15NO2/c24-22-19(23-21(25-22)16-5-2-1-3-6-16)13-17-10-9-14-7-4-8-15-11-12-18(17)20(14)15/h1-10,13H,11-12H2/b19-13-. The maximum Gasteiger partial charge on any atom is 0.363 e. The van der Waals surface area contributed by atoms with Gasteiger partial charge in [-0.2, -0.15) is 0 Å². The Bertz CT molecular complexity index is 1080. The van der Waals surface area contributed by atoms with Crippen LogP contribution in [0.1, 0.15) is 22.3 Å². The fraction of sp³-hybridized carbons (Fsp3) is 0.0909. The molecule has 0 saturated carbocycles. The zero-order valence-electron chi connectivity index (χ0n) is 13.5. The number of cyclic esters (lactones) is 1. The van der Waals surface area contributed by atoms with E-state index < -0.39 is 5.97 Å². The lowest BCUT2D eigenvalue weighted by Crippen LogP contribution is -2.05. The predicted octanol–water partition coefficient (Wildman–Crippen LogP) is 4.28. The molecular formula is C22H15NO2. The minimum absolute atomic E-state index is 0.360. The van der Waals surface area contributed by atoms with E-state index in [-0.39, 0.29) is 0 Å². The Morgan fingerprint density at radius 1 is 0.920 bits per heavy atom. The average Bonchev–Trinajstić information content (AvgIpc) is 3.24. The van der Waals surface area contributed by atoms with Crippen molar-refractivity contribution in [3.05, 3.63) is 88.6 Å². The largest absolute Gasteiger partial charge is 0.402 e. The van der Waals surface area contributed by atoms with Gasteiger partial charge < -0.3 is 4.74 Å². The summed E-state index contributed by atoms with van der Waals surface area (Å²) in [6, 6.07) is 20.1. The number of ether oxygens (including phenoxy) is 1. The number of carbonyl (C=O) groups excluding carboxylic acids is 1. The molecule has 0 N–H and O–H groups in total. The topological polar surface area (TPSA) is 38.7 Å². The molecule has 0 amide bonds. The van der Waals surface area contributed by atoms with Crippen LogP contribution in [0.4, 0.5) is 0 Å². The van der Waals surface area contributed by atoms with Gasteiger partial charge in [0.1, 0.15) is 0 Å². The summed E-state index contributed by atoms with van der Waals surface area (Å²) in [5.74, 6) is -0.0211. The highest BCUT2D eigenvalue weighted by Crippen LogP contribution is 2.34. The third kappa shape index (κ3) is 2.28. The van der Waals surface area contributed by atoms with E-state index in [1.807, 2.05) is 36.4 Å². The average molecular weight is 325 g/mol. The molecule has 120 valence electrons. The van der Waals surface area contributed by atoms with E-state index in [9.17, 15) is 4.79 Å². The van der Waals surface area contributed by atoms with E-state index >= 15 is 0 Å². The number of aliphatic imine (C=N–C) groups is 1. The highest BCUT2D eigenvalue weighted by molar-refractivity contribution is 6.13. The van der Waals surface area contributed by atoms with Crippen LogP contribution in [0.25, 0.3) is 16.8 Å². The Balaban J connectivity index is 1.61. The molecule has 0 radical (unpaired) electrons. The summed E-state index contributed by atoms with van der Waals surface area (Å²) < 4.78 is 5.35. The van der Waals surface area contributed by atoms with Gasteiger partial charge in [-0.1, -0.05) is 48.5 Å². The zero-order valence-corrected chi connectivity index (χ0v) is 13.5. The van der Waals surface area contributed by atoms with Crippen molar-refractivity contribution in [2.24, 2.45) is 4.99 Å². The summed E-state index contributed by atoms with van der Waals surface area (Å²) in [5, 5.41) is 2.59. The van der Waals surface area contributed by atoms with Crippen LogP contribution in [0.2, 0.25) is 0 Å². The lowest BCUT2D eigenvalue weighted by Gasteiger charge is -2.05. The van der Waals surface area contributed by atoms with Gasteiger partial charge in [-0.15, -0.1) is 0 Å². The SMILES string of the molecule is O=C1OC(c2ccccc2)=N/C1=C\c1ccc2cccc3c2c1CC3. The third-order valence-corrected chi connectivity index (χ3v) is 4.85. The first-order valence-corrected chi connectivity index (χ1v) is 8.41. The van der Waals surface area contributed by atoms with Crippen molar-refractivity contribution in [3.63, 3.8) is 0 Å². The molecule has 3 nitrogen and oxygen atoms in total. The van der Waals surface area contributed by atoms with E-state index in [0.717, 1.165) is 24.0 Å². The number of nitrogens with zero attached hydrogens (tertiary/aromatic N) is 1. The fourth-order valence-corrected chi connectivity index (χ4v) is 3.68. The monoisotopic (exact) mass is 325 g/mol. The van der Waals surface area contributed by atoms with Crippen LogP contribution in [0.5, 0.6) is 0 Å². The molecule has 2 aliphatic rings. The van der Waals surface area contributed by atoms with E-state index in [0.29, 0.717) is 11.6 Å². The summed E-state index contributed by atoms with van der Waals surface area (Å²) in [5.41, 5.74) is 4.91. The van der Waals surface area contributed by atoms with Crippen molar-refractivity contribution in [1.82, 2.24) is 0 Å². The summed E-state index contributed by atoms with van der Waals surface area (Å²) in [7, 11) is 0. The first-order valence-electron chi connectivity index (χ1n) is 8.41. The molecule has 0 bridgehead atoms. The van der Waals surface area contributed by atoms with Crippen LogP contribution < -0.4 is 0 Å². The number of hydrogen-bond donors (Lipinski definition) is 0.